The lowest BCUT2D eigenvalue weighted by Crippen LogP contribution is -2.26. The van der Waals surface area contributed by atoms with Crippen molar-refractivity contribution in [3.05, 3.63) is 0 Å². The van der Waals surface area contributed by atoms with E-state index < -0.39 is 0 Å². The summed E-state index contributed by atoms with van der Waals surface area (Å²) in [6.45, 7) is 4.22. The van der Waals surface area contributed by atoms with E-state index in [2.05, 4.69) is 11.9 Å². The summed E-state index contributed by atoms with van der Waals surface area (Å²) in [6, 6.07) is 0. The molecule has 0 N–H and O–H groups in total. The van der Waals surface area contributed by atoms with Crippen molar-refractivity contribution in [1.29, 1.82) is 0 Å². The molecule has 1 rings (SSSR count). The van der Waals surface area contributed by atoms with Gasteiger partial charge in [0.25, 0.3) is 0 Å². The molecule has 0 radical (unpaired) electrons. The molecule has 0 unspecified atom stereocenters. The van der Waals surface area contributed by atoms with Crippen LogP contribution in [-0.4, -0.2) is 58.3 Å². The second-order valence-corrected chi connectivity index (χ2v) is 3.26. The van der Waals surface area contributed by atoms with Gasteiger partial charge in [-0.05, 0) is 7.05 Å². The van der Waals surface area contributed by atoms with Crippen LogP contribution in [0.5, 0.6) is 0 Å². The molecule has 0 aromatic carbocycles. The van der Waals surface area contributed by atoms with Crippen molar-refractivity contribution in [3.8, 4) is 0 Å². The van der Waals surface area contributed by atoms with Gasteiger partial charge in [-0.15, -0.1) is 0 Å². The first kappa shape index (κ1) is 10.9. The fraction of sp³-hybridized carbons (Fsp3) is 1.00. The molecule has 0 spiro atoms. The van der Waals surface area contributed by atoms with Crippen LogP contribution in [0.3, 0.4) is 0 Å². The Hall–Kier alpha value is -0.160. The lowest BCUT2D eigenvalue weighted by atomic mass is 10.4. The Labute approximate surface area is 79.8 Å². The van der Waals surface area contributed by atoms with Gasteiger partial charge in [-0.3, -0.25) is 0 Å². The minimum atomic E-state index is 0.0185. The van der Waals surface area contributed by atoms with E-state index in [0.717, 1.165) is 39.3 Å². The van der Waals surface area contributed by atoms with E-state index in [-0.39, 0.29) is 6.29 Å². The molecule has 0 aliphatic carbocycles. The zero-order chi connectivity index (χ0) is 9.52. The van der Waals surface area contributed by atoms with Crippen LogP contribution in [0, 0.1) is 0 Å². The third-order valence-corrected chi connectivity index (χ3v) is 2.11. The van der Waals surface area contributed by atoms with E-state index in [1.807, 2.05) is 0 Å². The predicted molar refractivity (Wildman–Crippen MR) is 49.7 cm³/mol. The second-order valence-electron chi connectivity index (χ2n) is 3.26. The van der Waals surface area contributed by atoms with E-state index >= 15 is 0 Å². The largest absolute Gasteiger partial charge is 0.383 e. The van der Waals surface area contributed by atoms with Gasteiger partial charge in [0.15, 0.2) is 6.29 Å². The maximum Gasteiger partial charge on any atom is 0.159 e. The molecule has 0 aromatic rings. The molecule has 1 aliphatic rings. The van der Waals surface area contributed by atoms with Crippen LogP contribution in [-0.2, 0) is 14.2 Å². The second kappa shape index (κ2) is 6.32. The van der Waals surface area contributed by atoms with Gasteiger partial charge in [-0.2, -0.15) is 0 Å². The van der Waals surface area contributed by atoms with Gasteiger partial charge in [-0.25, -0.2) is 0 Å². The molecular formula is C9H19NO3. The van der Waals surface area contributed by atoms with E-state index in [1.165, 1.54) is 0 Å². The van der Waals surface area contributed by atoms with E-state index in [4.69, 9.17) is 14.2 Å². The van der Waals surface area contributed by atoms with Crippen molar-refractivity contribution in [1.82, 2.24) is 4.90 Å². The summed E-state index contributed by atoms with van der Waals surface area (Å²) in [4.78, 5) is 2.22. The lowest BCUT2D eigenvalue weighted by Gasteiger charge is -2.17. The Morgan fingerprint density at radius 3 is 2.62 bits per heavy atom. The molecule has 0 amide bonds. The quantitative estimate of drug-likeness (QED) is 0.602. The van der Waals surface area contributed by atoms with Gasteiger partial charge in [0.2, 0.25) is 0 Å². The van der Waals surface area contributed by atoms with Gasteiger partial charge in [0, 0.05) is 26.6 Å². The lowest BCUT2D eigenvalue weighted by molar-refractivity contribution is -0.0510. The van der Waals surface area contributed by atoms with Crippen molar-refractivity contribution >= 4 is 0 Å². The summed E-state index contributed by atoms with van der Waals surface area (Å²) >= 11 is 0. The topological polar surface area (TPSA) is 30.9 Å². The summed E-state index contributed by atoms with van der Waals surface area (Å²) in [6.07, 6.45) is 0.963. The number of ether oxygens (including phenoxy) is 3. The fourth-order valence-corrected chi connectivity index (χ4v) is 1.26. The summed E-state index contributed by atoms with van der Waals surface area (Å²) in [7, 11) is 3.80. The molecular weight excluding hydrogens is 170 g/mol. The molecule has 4 nitrogen and oxygen atoms in total. The molecule has 0 atom stereocenters. The number of hydrogen-bond acceptors (Lipinski definition) is 4. The maximum absolute atomic E-state index is 5.33. The average molecular weight is 189 g/mol. The summed E-state index contributed by atoms with van der Waals surface area (Å²) in [5, 5.41) is 0. The molecule has 1 fully saturated rings. The molecule has 1 heterocycles. The third kappa shape index (κ3) is 4.57. The van der Waals surface area contributed by atoms with Crippen LogP contribution < -0.4 is 0 Å². The van der Waals surface area contributed by atoms with Crippen LogP contribution >= 0.6 is 0 Å². The Kier molecular flexibility index (Phi) is 5.31. The van der Waals surface area contributed by atoms with Gasteiger partial charge < -0.3 is 19.1 Å². The van der Waals surface area contributed by atoms with Gasteiger partial charge >= 0.3 is 0 Å². The Morgan fingerprint density at radius 1 is 1.31 bits per heavy atom. The minimum Gasteiger partial charge on any atom is -0.383 e. The zero-order valence-corrected chi connectivity index (χ0v) is 8.49. The normalized spacial score (nSPS) is 18.7. The monoisotopic (exact) mass is 189 g/mol. The van der Waals surface area contributed by atoms with Gasteiger partial charge in [-0.1, -0.05) is 0 Å². The van der Waals surface area contributed by atoms with Crippen LogP contribution in [0.25, 0.3) is 0 Å². The van der Waals surface area contributed by atoms with Gasteiger partial charge in [0.05, 0.1) is 19.8 Å². The highest BCUT2D eigenvalue weighted by Crippen LogP contribution is 2.07. The number of methoxy groups -OCH3 is 1. The van der Waals surface area contributed by atoms with Crippen molar-refractivity contribution < 1.29 is 14.2 Å². The Balaban J connectivity index is 1.97. The van der Waals surface area contributed by atoms with Crippen molar-refractivity contribution in [2.24, 2.45) is 0 Å². The van der Waals surface area contributed by atoms with Gasteiger partial charge in [0.1, 0.15) is 0 Å². The smallest absolute Gasteiger partial charge is 0.159 e. The molecule has 4 heteroatoms. The van der Waals surface area contributed by atoms with E-state index in [9.17, 15) is 0 Å². The molecule has 0 bridgehead atoms. The number of rotatable bonds is 6. The van der Waals surface area contributed by atoms with Crippen LogP contribution in [0.4, 0.5) is 0 Å². The molecule has 13 heavy (non-hydrogen) atoms. The first-order chi connectivity index (χ1) is 6.33. The Bertz CT molecular complexity index is 126. The summed E-state index contributed by atoms with van der Waals surface area (Å²) < 4.78 is 15.6. The highest BCUT2D eigenvalue weighted by Gasteiger charge is 2.15. The van der Waals surface area contributed by atoms with Crippen molar-refractivity contribution in [3.63, 3.8) is 0 Å². The highest BCUT2D eigenvalue weighted by atomic mass is 16.7. The standard InChI is InChI=1S/C9H19NO3/c1-10(5-6-11-2)4-3-9-12-7-8-13-9/h9H,3-8H2,1-2H3. The predicted octanol–water partition coefficient (Wildman–Crippen LogP) is 0.328. The first-order valence-corrected chi connectivity index (χ1v) is 4.73. The summed E-state index contributed by atoms with van der Waals surface area (Å²) in [5.74, 6) is 0. The number of hydrogen-bond donors (Lipinski definition) is 0. The van der Waals surface area contributed by atoms with Crippen LogP contribution in [0.15, 0.2) is 0 Å². The average Bonchev–Trinajstić information content (AvgIpc) is 2.64. The molecule has 78 valence electrons. The molecule has 0 saturated carbocycles. The molecule has 1 aliphatic heterocycles. The SMILES string of the molecule is COCCN(C)CCC1OCCO1. The van der Waals surface area contributed by atoms with Crippen LogP contribution in [0.2, 0.25) is 0 Å². The van der Waals surface area contributed by atoms with Crippen molar-refractivity contribution in [2.45, 2.75) is 12.7 Å². The number of nitrogens with zero attached hydrogens (tertiary/aromatic N) is 1. The molecule has 1 saturated heterocycles. The zero-order valence-electron chi connectivity index (χ0n) is 8.49. The van der Waals surface area contributed by atoms with Crippen molar-refractivity contribution in [2.75, 3.05) is 47.1 Å². The molecule has 0 aromatic heterocycles. The van der Waals surface area contributed by atoms with E-state index in [0.29, 0.717) is 0 Å². The first-order valence-electron chi connectivity index (χ1n) is 4.73. The summed E-state index contributed by atoms with van der Waals surface area (Å²) in [5.41, 5.74) is 0. The highest BCUT2D eigenvalue weighted by molar-refractivity contribution is 4.57. The Morgan fingerprint density at radius 2 is 2.00 bits per heavy atom. The van der Waals surface area contributed by atoms with E-state index in [1.54, 1.807) is 7.11 Å². The third-order valence-electron chi connectivity index (χ3n) is 2.11. The minimum absolute atomic E-state index is 0.0185. The maximum atomic E-state index is 5.33. The number of likely N-dealkylation sites (N-methyl/N-ethyl adjacent to an activating group) is 1. The van der Waals surface area contributed by atoms with Crippen LogP contribution in [0.1, 0.15) is 6.42 Å². The fourth-order valence-electron chi connectivity index (χ4n) is 1.26.